The SMILES string of the molecule is CC(=O)c1ccc(N2C(=O)C=CC2=O)cc1.CC(C)(C)OC(=O)N=NC(=O)c1ccc(-n2c(O)ccc2O)cc1.Nc1ccc(C(=O)O)cc1.O=C(O)/C=C\C(=O)Nc1ccc(C(=O)O)cc1.O=C(O)c1ccc(N2C(=O)C=CC2=O)cc1. The average Bonchev–Trinajstić information content (AvgIpc) is 4.27. The number of carbonyl (C=O) groups is 12. The van der Waals surface area contributed by atoms with Gasteiger partial charge in [0, 0.05) is 71.1 Å². The number of nitrogen functional groups attached to an aromatic ring is 1. The third-order valence-electron chi connectivity index (χ3n) is 10.3. The zero-order valence-electron chi connectivity index (χ0n) is 44.0. The molecule has 26 nitrogen and oxygen atoms in total. The van der Waals surface area contributed by atoms with Gasteiger partial charge in [0.1, 0.15) is 5.60 Å². The summed E-state index contributed by atoms with van der Waals surface area (Å²) in [6.45, 7) is 6.48. The molecule has 3 heterocycles. The molecule has 0 aliphatic carbocycles. The average molecular weight is 1140 g/mol. The molecule has 0 unspecified atom stereocenters. The van der Waals surface area contributed by atoms with Gasteiger partial charge in [-0.3, -0.25) is 38.1 Å². The summed E-state index contributed by atoms with van der Waals surface area (Å²) in [5, 5.41) is 62.3. The minimum Gasteiger partial charge on any atom is -0.494 e. The van der Waals surface area contributed by atoms with Crippen LogP contribution in [0.3, 0.4) is 0 Å². The van der Waals surface area contributed by atoms with Gasteiger partial charge in [-0.25, -0.2) is 33.8 Å². The Kier molecular flexibility index (Phi) is 22.3. The van der Waals surface area contributed by atoms with Gasteiger partial charge in [-0.2, -0.15) is 0 Å². The van der Waals surface area contributed by atoms with E-state index in [9.17, 15) is 67.7 Å². The van der Waals surface area contributed by atoms with Crippen molar-refractivity contribution in [1.29, 1.82) is 0 Å². The summed E-state index contributed by atoms with van der Waals surface area (Å²) in [6.07, 6.45) is 5.42. The van der Waals surface area contributed by atoms with Crippen molar-refractivity contribution >= 4 is 93.9 Å². The molecule has 83 heavy (non-hydrogen) atoms. The van der Waals surface area contributed by atoms with Gasteiger partial charge in [0.05, 0.1) is 33.8 Å². The Morgan fingerprint density at radius 2 is 0.855 bits per heavy atom. The molecule has 0 saturated carbocycles. The summed E-state index contributed by atoms with van der Waals surface area (Å²) < 4.78 is 6.10. The normalized spacial score (nSPS) is 12.2. The number of aromatic nitrogens is 1. The van der Waals surface area contributed by atoms with Crippen LogP contribution in [0.25, 0.3) is 5.69 Å². The van der Waals surface area contributed by atoms with E-state index in [0.717, 1.165) is 15.9 Å². The predicted molar refractivity (Wildman–Crippen MR) is 294 cm³/mol. The number of hydrogen-bond donors (Lipinski definition) is 8. The number of aromatic carboxylic acids is 3. The largest absolute Gasteiger partial charge is 0.494 e. The van der Waals surface area contributed by atoms with E-state index in [1.165, 1.54) is 133 Å². The molecular weight excluding hydrogens is 1090 g/mol. The number of ether oxygens (including phenoxy) is 1. The summed E-state index contributed by atoms with van der Waals surface area (Å²) in [5.74, 6) is -7.49. The number of imide groups is 2. The Morgan fingerprint density at radius 3 is 1.23 bits per heavy atom. The number of amides is 7. The zero-order chi connectivity index (χ0) is 61.7. The van der Waals surface area contributed by atoms with Crippen molar-refractivity contribution < 1.29 is 92.9 Å². The second-order valence-electron chi connectivity index (χ2n) is 17.5. The molecular formula is C57H49N7O19. The lowest BCUT2D eigenvalue weighted by Crippen LogP contribution is -2.29. The van der Waals surface area contributed by atoms with Gasteiger partial charge in [0.2, 0.25) is 5.91 Å². The molecule has 426 valence electrons. The second-order valence-corrected chi connectivity index (χ2v) is 17.5. The quantitative estimate of drug-likeness (QED) is 0.0205. The van der Waals surface area contributed by atoms with E-state index in [1.807, 2.05) is 0 Å². The Bertz CT molecular complexity index is 3430. The van der Waals surface area contributed by atoms with E-state index >= 15 is 0 Å². The zero-order valence-corrected chi connectivity index (χ0v) is 44.0. The Hall–Kier alpha value is -12.0. The number of carboxylic acids is 4. The van der Waals surface area contributed by atoms with Crippen LogP contribution in [0.5, 0.6) is 11.8 Å². The number of carbonyl (C=O) groups excluding carboxylic acids is 8. The molecule has 1 aromatic heterocycles. The first-order chi connectivity index (χ1) is 39.0. The van der Waals surface area contributed by atoms with E-state index in [1.54, 1.807) is 57.2 Å². The molecule has 9 N–H and O–H groups in total. The van der Waals surface area contributed by atoms with Gasteiger partial charge < -0.3 is 46.4 Å². The fourth-order valence-corrected chi connectivity index (χ4v) is 6.42. The van der Waals surface area contributed by atoms with Crippen LogP contribution in [-0.4, -0.2) is 112 Å². The van der Waals surface area contributed by atoms with Gasteiger partial charge in [-0.05, 0) is 149 Å². The Labute approximate surface area is 469 Å². The molecule has 0 bridgehead atoms. The number of azo groups is 1. The molecule has 0 spiro atoms. The van der Waals surface area contributed by atoms with Gasteiger partial charge >= 0.3 is 30.0 Å². The Morgan fingerprint density at radius 1 is 0.494 bits per heavy atom. The first-order valence-electron chi connectivity index (χ1n) is 23.6. The predicted octanol–water partition coefficient (Wildman–Crippen LogP) is 7.48. The number of carboxylic acid groups (broad SMARTS) is 4. The van der Waals surface area contributed by atoms with Crippen LogP contribution in [0, 0.1) is 0 Å². The molecule has 26 heteroatoms. The van der Waals surface area contributed by atoms with E-state index in [2.05, 4.69) is 15.5 Å². The summed E-state index contributed by atoms with van der Waals surface area (Å²) >= 11 is 0. The third-order valence-corrected chi connectivity index (χ3v) is 10.3. The minimum atomic E-state index is -1.22. The summed E-state index contributed by atoms with van der Waals surface area (Å²) in [7, 11) is 0. The lowest BCUT2D eigenvalue weighted by atomic mass is 10.1. The molecule has 0 fully saturated rings. The van der Waals surface area contributed by atoms with E-state index in [4.69, 9.17) is 30.9 Å². The fraction of sp³-hybridized carbons (Fsp3) is 0.0877. The van der Waals surface area contributed by atoms with Crippen molar-refractivity contribution in [1.82, 2.24) is 4.57 Å². The lowest BCUT2D eigenvalue weighted by Gasteiger charge is -2.16. The standard InChI is InChI=1S/C16H17N3O5.C12H9NO3.C11H9NO5.C11H7NO4.C7H7NO2/c1-16(2,3)24-15(23)18-17-14(22)10-4-6-11(7-5-10)19-12(20)8-9-13(19)21;1-8(14)9-2-4-10(5-3-9)13-11(15)6-7-12(13)16;13-9(5-6-10(14)15)12-8-3-1-7(2-4-8)11(16)17;13-9-5-6-10(14)12(9)8-3-1-7(2-4-8)11(15)16;8-6-3-1-5(2-4-6)7(9)10/h4-9,20-21H,1-3H3;2-7H,1H3;1-6H,(H,12,13)(H,14,15)(H,16,17);1-6H,(H,15,16);1-4H,8H2,(H,9,10)/b;;6-5-;;. The highest BCUT2D eigenvalue weighted by Gasteiger charge is 2.26. The van der Waals surface area contributed by atoms with Gasteiger partial charge in [0.15, 0.2) is 17.5 Å². The summed E-state index contributed by atoms with van der Waals surface area (Å²) in [5.41, 5.74) is 8.08. The van der Waals surface area contributed by atoms with Crippen LogP contribution in [0.4, 0.5) is 27.5 Å². The molecule has 5 aromatic carbocycles. The van der Waals surface area contributed by atoms with Crippen LogP contribution < -0.4 is 20.9 Å². The Balaban J connectivity index is 0.000000228. The molecule has 0 radical (unpaired) electrons. The van der Waals surface area contributed by atoms with Crippen LogP contribution >= 0.6 is 0 Å². The van der Waals surface area contributed by atoms with Crippen molar-refractivity contribution in [3.8, 4) is 17.4 Å². The molecule has 0 atom stereocenters. The van der Waals surface area contributed by atoms with Crippen LogP contribution in [0.15, 0.2) is 180 Å². The third kappa shape index (κ3) is 19.8. The number of ketones is 1. The van der Waals surface area contributed by atoms with E-state index < -0.39 is 59.2 Å². The maximum atomic E-state index is 11.9. The minimum absolute atomic E-state index is 0.0521. The van der Waals surface area contributed by atoms with Crippen molar-refractivity contribution in [2.45, 2.75) is 33.3 Å². The highest BCUT2D eigenvalue weighted by atomic mass is 16.6. The number of aliphatic carboxylic acids is 1. The number of rotatable bonds is 11. The lowest BCUT2D eigenvalue weighted by molar-refractivity contribution is -0.131. The summed E-state index contributed by atoms with van der Waals surface area (Å²) in [4.78, 5) is 134. The first-order valence-corrected chi connectivity index (χ1v) is 23.6. The topological polar surface area (TPSA) is 410 Å². The number of nitrogens with one attached hydrogen (secondary N) is 1. The number of aromatic hydroxyl groups is 2. The van der Waals surface area contributed by atoms with Gasteiger partial charge in [-0.15, -0.1) is 0 Å². The van der Waals surface area contributed by atoms with Crippen LogP contribution in [0.1, 0.15) is 79.5 Å². The fourth-order valence-electron chi connectivity index (χ4n) is 6.42. The van der Waals surface area contributed by atoms with Crippen molar-refractivity contribution in [3.63, 3.8) is 0 Å². The van der Waals surface area contributed by atoms with Crippen LogP contribution in [-0.2, 0) is 33.5 Å². The molecule has 2 aliphatic rings. The molecule has 6 aromatic rings. The van der Waals surface area contributed by atoms with Crippen molar-refractivity contribution in [2.24, 2.45) is 10.2 Å². The molecule has 0 saturated heterocycles. The van der Waals surface area contributed by atoms with Gasteiger partial charge in [-0.1, -0.05) is 10.2 Å². The maximum Gasteiger partial charge on any atom is 0.453 e. The number of nitrogens with zero attached hydrogens (tertiary/aromatic N) is 5. The highest BCUT2D eigenvalue weighted by Crippen LogP contribution is 2.27. The second kappa shape index (κ2) is 29.1. The van der Waals surface area contributed by atoms with Crippen LogP contribution in [0.2, 0.25) is 0 Å². The maximum absolute atomic E-state index is 11.9. The number of benzene rings is 5. The summed E-state index contributed by atoms with van der Waals surface area (Å²) in [6, 6.07) is 32.0. The first kappa shape index (κ1) is 63.6. The van der Waals surface area contributed by atoms with Gasteiger partial charge in [0.25, 0.3) is 29.5 Å². The van der Waals surface area contributed by atoms with E-state index in [0.29, 0.717) is 40.1 Å². The molecule has 2 aliphatic heterocycles. The highest BCUT2D eigenvalue weighted by molar-refractivity contribution is 6.29. The number of hydrogen-bond acceptors (Lipinski definition) is 16. The van der Waals surface area contributed by atoms with Crippen molar-refractivity contribution in [3.05, 3.63) is 198 Å². The smallest absolute Gasteiger partial charge is 0.453 e. The monoisotopic (exact) mass is 1140 g/mol. The number of Topliss-reactive ketones (excluding diaryl/α,β-unsaturated/α-hetero) is 1. The molecule has 8 rings (SSSR count). The molecule has 7 amide bonds. The number of nitrogens with two attached hydrogens (primary N) is 1. The van der Waals surface area contributed by atoms with E-state index in [-0.39, 0.29) is 51.6 Å². The number of anilines is 4. The van der Waals surface area contributed by atoms with Crippen molar-refractivity contribution in [2.75, 3.05) is 20.9 Å².